The van der Waals surface area contributed by atoms with Gasteiger partial charge in [0, 0.05) is 11.3 Å². The third-order valence-electron chi connectivity index (χ3n) is 2.54. The van der Waals surface area contributed by atoms with Crippen LogP contribution in [0.25, 0.3) is 11.3 Å². The van der Waals surface area contributed by atoms with Crippen LogP contribution in [0, 0.1) is 6.92 Å². The first-order valence-electron chi connectivity index (χ1n) is 5.23. The van der Waals surface area contributed by atoms with Crippen molar-refractivity contribution in [3.8, 4) is 17.0 Å². The number of amides is 1. The Labute approximate surface area is 109 Å². The molecule has 0 unspecified atom stereocenters. The summed E-state index contributed by atoms with van der Waals surface area (Å²) in [6, 6.07) is 5.29. The van der Waals surface area contributed by atoms with E-state index >= 15 is 0 Å². The molecule has 2 rings (SSSR count). The second-order valence-electron chi connectivity index (χ2n) is 3.77. The Bertz CT molecular complexity index is 607. The van der Waals surface area contributed by atoms with Crippen LogP contribution in [-0.2, 0) is 0 Å². The second kappa shape index (κ2) is 4.70. The van der Waals surface area contributed by atoms with E-state index in [1.165, 1.54) is 0 Å². The first-order valence-corrected chi connectivity index (χ1v) is 5.61. The zero-order valence-electron chi connectivity index (χ0n) is 9.95. The fourth-order valence-corrected chi connectivity index (χ4v) is 1.93. The van der Waals surface area contributed by atoms with E-state index in [1.807, 2.05) is 13.0 Å². The summed E-state index contributed by atoms with van der Waals surface area (Å²) < 4.78 is 5.08. The molecule has 1 aromatic carbocycles. The number of aromatic nitrogens is 2. The highest BCUT2D eigenvalue weighted by Crippen LogP contribution is 2.30. The Morgan fingerprint density at radius 1 is 1.50 bits per heavy atom. The van der Waals surface area contributed by atoms with Crippen LogP contribution in [0.1, 0.15) is 16.3 Å². The van der Waals surface area contributed by atoms with Crippen molar-refractivity contribution < 1.29 is 9.53 Å². The van der Waals surface area contributed by atoms with Gasteiger partial charge in [0.15, 0.2) is 5.82 Å². The predicted octanol–water partition coefficient (Wildman–Crippen LogP) is 2.15. The van der Waals surface area contributed by atoms with Crippen LogP contribution >= 0.6 is 11.6 Å². The number of ether oxygens (including phenoxy) is 1. The molecule has 6 heteroatoms. The molecule has 18 heavy (non-hydrogen) atoms. The van der Waals surface area contributed by atoms with Gasteiger partial charge < -0.3 is 15.5 Å². The van der Waals surface area contributed by atoms with Crippen molar-refractivity contribution in [1.29, 1.82) is 0 Å². The molecule has 0 aliphatic heterocycles. The van der Waals surface area contributed by atoms with Crippen LogP contribution in [0.3, 0.4) is 0 Å². The molecule has 1 aromatic heterocycles. The maximum atomic E-state index is 11.0. The molecular weight excluding hydrogens is 254 g/mol. The van der Waals surface area contributed by atoms with Crippen LogP contribution in [0.4, 0.5) is 0 Å². The first kappa shape index (κ1) is 12.4. The number of imidazole rings is 1. The van der Waals surface area contributed by atoms with Gasteiger partial charge >= 0.3 is 0 Å². The first-order chi connectivity index (χ1) is 8.52. The van der Waals surface area contributed by atoms with Crippen molar-refractivity contribution >= 4 is 17.5 Å². The van der Waals surface area contributed by atoms with E-state index in [0.717, 1.165) is 11.3 Å². The van der Waals surface area contributed by atoms with E-state index in [9.17, 15) is 4.79 Å². The van der Waals surface area contributed by atoms with Gasteiger partial charge in [-0.1, -0.05) is 11.6 Å². The lowest BCUT2D eigenvalue weighted by Crippen LogP contribution is -2.12. The van der Waals surface area contributed by atoms with Crippen molar-refractivity contribution in [3.05, 3.63) is 34.7 Å². The number of primary amides is 1. The van der Waals surface area contributed by atoms with Crippen LogP contribution in [0.2, 0.25) is 5.02 Å². The number of halogens is 1. The Balaban J connectivity index is 2.48. The lowest BCUT2D eigenvalue weighted by atomic mass is 10.1. The number of H-pyrrole nitrogens is 1. The maximum absolute atomic E-state index is 11.0. The average Bonchev–Trinajstić information content (AvgIpc) is 2.71. The van der Waals surface area contributed by atoms with Gasteiger partial charge in [0.25, 0.3) is 5.91 Å². The number of rotatable bonds is 3. The second-order valence-corrected chi connectivity index (χ2v) is 4.18. The van der Waals surface area contributed by atoms with Gasteiger partial charge in [0.05, 0.1) is 17.8 Å². The third kappa shape index (κ3) is 2.17. The number of nitrogens with one attached hydrogen (secondary N) is 1. The van der Waals surface area contributed by atoms with E-state index in [1.54, 1.807) is 19.2 Å². The molecular formula is C12H12ClN3O2. The number of aryl methyl sites for hydroxylation is 1. The van der Waals surface area contributed by atoms with Gasteiger partial charge in [-0.25, -0.2) is 4.98 Å². The predicted molar refractivity (Wildman–Crippen MR) is 68.8 cm³/mol. The number of nitrogens with two attached hydrogens (primary N) is 1. The van der Waals surface area contributed by atoms with Gasteiger partial charge in [-0.05, 0) is 25.1 Å². The molecule has 0 radical (unpaired) electrons. The number of carbonyl (C=O) groups excluding carboxylic acids is 1. The van der Waals surface area contributed by atoms with Gasteiger partial charge in [-0.2, -0.15) is 0 Å². The standard InChI is InChI=1S/C12H12ClN3O2/c1-6-10(16-12(15-6)11(14)17)7-3-4-9(18-2)8(13)5-7/h3-5H,1-2H3,(H2,14,17)(H,15,16). The highest BCUT2D eigenvalue weighted by molar-refractivity contribution is 6.32. The molecule has 94 valence electrons. The molecule has 0 bridgehead atoms. The minimum atomic E-state index is -0.594. The quantitative estimate of drug-likeness (QED) is 0.892. The summed E-state index contributed by atoms with van der Waals surface area (Å²) in [5.41, 5.74) is 7.37. The molecule has 5 nitrogen and oxygen atoms in total. The van der Waals surface area contributed by atoms with E-state index in [2.05, 4.69) is 9.97 Å². The third-order valence-corrected chi connectivity index (χ3v) is 2.84. The van der Waals surface area contributed by atoms with Gasteiger partial charge in [0.2, 0.25) is 0 Å². The zero-order valence-corrected chi connectivity index (χ0v) is 10.7. The Morgan fingerprint density at radius 2 is 2.22 bits per heavy atom. The molecule has 0 saturated carbocycles. The summed E-state index contributed by atoms with van der Waals surface area (Å²) in [4.78, 5) is 18.0. The van der Waals surface area contributed by atoms with E-state index in [-0.39, 0.29) is 5.82 Å². The monoisotopic (exact) mass is 265 g/mol. The summed E-state index contributed by atoms with van der Waals surface area (Å²) in [5.74, 6) is 0.127. The number of benzene rings is 1. The van der Waals surface area contributed by atoms with Crippen molar-refractivity contribution in [2.75, 3.05) is 7.11 Å². The topological polar surface area (TPSA) is 81.0 Å². The van der Waals surface area contributed by atoms with Crippen LogP contribution in [0.15, 0.2) is 18.2 Å². The lowest BCUT2D eigenvalue weighted by molar-refractivity contribution is 0.0991. The van der Waals surface area contributed by atoms with Gasteiger partial charge in [0.1, 0.15) is 5.75 Å². The summed E-state index contributed by atoms with van der Waals surface area (Å²) in [7, 11) is 1.55. The summed E-state index contributed by atoms with van der Waals surface area (Å²) in [6.07, 6.45) is 0. The summed E-state index contributed by atoms with van der Waals surface area (Å²) in [6.45, 7) is 1.81. The molecule has 0 saturated heterocycles. The molecule has 0 spiro atoms. The minimum absolute atomic E-state index is 0.134. The molecule has 0 aliphatic rings. The van der Waals surface area contributed by atoms with Crippen molar-refractivity contribution in [2.24, 2.45) is 5.73 Å². The zero-order chi connectivity index (χ0) is 13.3. The van der Waals surface area contributed by atoms with Crippen molar-refractivity contribution in [2.45, 2.75) is 6.92 Å². The highest BCUT2D eigenvalue weighted by atomic mass is 35.5. The van der Waals surface area contributed by atoms with Crippen LogP contribution in [0.5, 0.6) is 5.75 Å². The number of aromatic amines is 1. The van der Waals surface area contributed by atoms with Gasteiger partial charge in [-0.15, -0.1) is 0 Å². The van der Waals surface area contributed by atoms with E-state index < -0.39 is 5.91 Å². The number of hydrogen-bond acceptors (Lipinski definition) is 3. The summed E-state index contributed by atoms with van der Waals surface area (Å²) in [5, 5.41) is 0.484. The highest BCUT2D eigenvalue weighted by Gasteiger charge is 2.13. The molecule has 2 aromatic rings. The molecule has 1 amide bonds. The van der Waals surface area contributed by atoms with Crippen molar-refractivity contribution in [1.82, 2.24) is 9.97 Å². The lowest BCUT2D eigenvalue weighted by Gasteiger charge is -2.04. The minimum Gasteiger partial charge on any atom is -0.495 e. The summed E-state index contributed by atoms with van der Waals surface area (Å²) >= 11 is 6.05. The number of hydrogen-bond donors (Lipinski definition) is 2. The molecule has 3 N–H and O–H groups in total. The number of nitrogens with zero attached hydrogens (tertiary/aromatic N) is 1. The van der Waals surface area contributed by atoms with E-state index in [4.69, 9.17) is 22.1 Å². The van der Waals surface area contributed by atoms with Crippen LogP contribution < -0.4 is 10.5 Å². The fourth-order valence-electron chi connectivity index (χ4n) is 1.67. The number of carbonyl (C=O) groups is 1. The Morgan fingerprint density at radius 3 is 2.72 bits per heavy atom. The Kier molecular flexibility index (Phi) is 3.25. The Hall–Kier alpha value is -2.01. The van der Waals surface area contributed by atoms with Gasteiger partial charge in [-0.3, -0.25) is 4.79 Å². The molecule has 0 aliphatic carbocycles. The molecule has 0 fully saturated rings. The smallest absolute Gasteiger partial charge is 0.284 e. The normalized spacial score (nSPS) is 10.4. The number of methoxy groups -OCH3 is 1. The average molecular weight is 266 g/mol. The van der Waals surface area contributed by atoms with Crippen molar-refractivity contribution in [3.63, 3.8) is 0 Å². The van der Waals surface area contributed by atoms with Crippen LogP contribution in [-0.4, -0.2) is 23.0 Å². The fraction of sp³-hybridized carbons (Fsp3) is 0.167. The SMILES string of the molecule is COc1ccc(-c2nc(C(N)=O)[nH]c2C)cc1Cl. The molecule has 1 heterocycles. The maximum Gasteiger partial charge on any atom is 0.284 e. The largest absolute Gasteiger partial charge is 0.495 e. The van der Waals surface area contributed by atoms with E-state index in [0.29, 0.717) is 16.5 Å². The molecule has 0 atom stereocenters.